The largest absolute Gasteiger partial charge is 1.00 e. The molecule has 3 rings (SSSR count). The molecule has 0 saturated carbocycles. The van der Waals surface area contributed by atoms with Crippen molar-refractivity contribution in [3.8, 4) is 47.9 Å². The Hall–Kier alpha value is -7.08. The van der Waals surface area contributed by atoms with E-state index in [0.717, 1.165) is 77.4 Å². The van der Waals surface area contributed by atoms with Gasteiger partial charge in [0, 0.05) is 92.6 Å². The fraction of sp³-hybridized carbons (Fsp3) is 0.418. The molecule has 22 nitrogen and oxygen atoms in total. The van der Waals surface area contributed by atoms with Gasteiger partial charge in [-0.2, -0.15) is 37.0 Å². The van der Waals surface area contributed by atoms with Gasteiger partial charge < -0.3 is 81.2 Å². The Morgan fingerprint density at radius 2 is 0.898 bits per heavy atom. The van der Waals surface area contributed by atoms with Crippen molar-refractivity contribution < 1.29 is 184 Å². The third kappa shape index (κ3) is 122. The Bertz CT molecular complexity index is 2490. The Kier molecular flexibility index (Phi) is 189. The van der Waals surface area contributed by atoms with Crippen LogP contribution >= 0.6 is 16.8 Å². The van der Waals surface area contributed by atoms with Gasteiger partial charge >= 0.3 is 106 Å². The molecule has 1 atom stereocenters. The van der Waals surface area contributed by atoms with Gasteiger partial charge in [-0.05, 0) is 84.1 Å². The van der Waals surface area contributed by atoms with Crippen molar-refractivity contribution in [1.82, 2.24) is 6.15 Å². The normalized spacial score (nSPS) is 7.52. The maximum absolute atomic E-state index is 11.9. The first-order chi connectivity index (χ1) is 42.2. The van der Waals surface area contributed by atoms with E-state index in [9.17, 15) is 51.4 Å². The number of carboxylic acids is 3. The third-order valence-corrected chi connectivity index (χ3v) is 11.2. The number of ether oxygens (including phenoxy) is 5. The molecule has 0 aliphatic carbocycles. The summed E-state index contributed by atoms with van der Waals surface area (Å²) in [5, 5.41) is 56.3. The molecule has 0 radical (unpaired) electrons. The average molecular weight is 1490 g/mol. The molecule has 98 heavy (non-hydrogen) atoms. The maximum Gasteiger partial charge on any atom is 1.00 e. The molecule has 0 fully saturated rings. The SMILES string of the molecule is C.C.C.C.C#CC.C/C=C\C(=O)O.C/C=C\C(=O)OC.CC#CC(=O)O.CC#CC(=O)OC.CC#CC(F)(F)OC.CC=O.CCCC(=O)OC.CCCC(F)(F)OC.CO.CO.CO.CO.N.O=C(O)C=P(c1ccccc1)(c1ccccc1)c1ccccc1.O=C=O.P.[F-].[F-].[H-].[HH].[K+]. The molecule has 0 heterocycles. The third-order valence-electron chi connectivity index (χ3n) is 7.30. The van der Waals surface area contributed by atoms with E-state index in [0.29, 0.717) is 12.8 Å². The molecule has 3 aromatic rings. The monoisotopic (exact) mass is 1490 g/mol. The molecule has 0 amide bonds. The Morgan fingerprint density at radius 1 is 0.582 bits per heavy atom. The van der Waals surface area contributed by atoms with Crippen molar-refractivity contribution in [2.45, 2.75) is 130 Å². The number of aliphatic carboxylic acids is 3. The van der Waals surface area contributed by atoms with Crippen molar-refractivity contribution >= 4 is 86.7 Å². The number of terminal acetylenes is 1. The van der Waals surface area contributed by atoms with Crippen LogP contribution in [-0.2, 0) is 66.8 Å². The first-order valence-electron chi connectivity index (χ1n) is 25.0. The number of rotatable bonds is 12. The smallest absolute Gasteiger partial charge is 1.00 e. The average Bonchev–Trinajstić information content (AvgIpc) is 0.760. The van der Waals surface area contributed by atoms with Crippen LogP contribution in [0.3, 0.4) is 0 Å². The molecule has 3 aromatic carbocycles. The molecule has 10 N–H and O–H groups in total. The summed E-state index contributed by atoms with van der Waals surface area (Å²) in [4.78, 5) is 86.0. The first kappa shape index (κ1) is 150. The van der Waals surface area contributed by atoms with E-state index in [1.807, 2.05) is 110 Å². The fourth-order valence-corrected chi connectivity index (χ4v) is 7.93. The summed E-state index contributed by atoms with van der Waals surface area (Å²) >= 11 is 0. The summed E-state index contributed by atoms with van der Waals surface area (Å²) in [6, 6.07) is 29.8. The minimum absolute atomic E-state index is 0. The second kappa shape index (κ2) is 123. The van der Waals surface area contributed by atoms with E-state index < -0.39 is 43.0 Å². The number of benzene rings is 3. The molecular weight excluding hydrogens is 1370 g/mol. The number of aliphatic hydroxyl groups excluding tert-OH is 4. The zero-order valence-corrected chi connectivity index (χ0v) is 62.4. The van der Waals surface area contributed by atoms with Gasteiger partial charge in [0.15, 0.2) is 0 Å². The van der Waals surface area contributed by atoms with Crippen LogP contribution in [0.2, 0.25) is 0 Å². The Morgan fingerprint density at radius 3 is 1.01 bits per heavy atom. The summed E-state index contributed by atoms with van der Waals surface area (Å²) in [6.07, 6.45) is 6.63. The van der Waals surface area contributed by atoms with E-state index in [-0.39, 0.29) is 134 Å². The van der Waals surface area contributed by atoms with Crippen molar-refractivity contribution in [1.29, 1.82) is 0 Å². The summed E-state index contributed by atoms with van der Waals surface area (Å²) in [5.74, 6) is 12.2. The van der Waals surface area contributed by atoms with Crippen LogP contribution in [-0.4, -0.2) is 166 Å². The summed E-state index contributed by atoms with van der Waals surface area (Å²) in [7, 11) is 9.97. The second-order valence-corrected chi connectivity index (χ2v) is 16.5. The number of aldehydes is 1. The van der Waals surface area contributed by atoms with Gasteiger partial charge in [-0.15, -0.1) is 12.3 Å². The summed E-state index contributed by atoms with van der Waals surface area (Å²) in [6.45, 7) is 12.2. The number of hydrogen-bond donors (Lipinski definition) is 8. The standard InChI is InChI=1S/C20H17O2P.C5H10F2O.C5H6F2O.C5H10O2.C5H8O2.C5H6O2.C4H6O2.C4H4O2.C3H4.C2H4O.CO2.4CH4O.4CH4.2FH.K.H3N.H3P.H2.H/c21-20(22)16-23(17-10-4-1-5-11-17,18-12-6-2-7-13-18)19-14-8-3-9-15-19;2*1-3-4-5(6,7)8-2;3*1-3-4-5(6)7-2;2*1-2-3-4(5)6;1-3-2;1-2-3;2-1-3;4*1-2;;;;;;;;;;;/h1-16H,(H,21,22);3-4H2,1-2H3;1-2H3;3-4H2,1-2H3;3-4H,1-2H3;1-2H3;2-3H,1H3,(H,5,6);1H3,(H,5,6);1H,2H3;2H,1H3;;4*2H,1H3;4*1H4;2*1H;;2*1H3;1H;/q;;;;;;;;;;;;;;;;;;;;;+1;;;;-1/p-2/b;;;;4-3-;;3-2-;;;;;;;;;;;;;;;;;;;. The number of allylic oxidation sites excluding steroid dienone is 2. The molecular formula is C67H116F6KNO21P2-2. The number of hydrogen-bond acceptors (Lipinski definition) is 19. The predicted molar refractivity (Wildman–Crippen MR) is 384 cm³/mol. The molecule has 0 aliphatic heterocycles. The second-order valence-electron chi connectivity index (χ2n) is 13.2. The van der Waals surface area contributed by atoms with Crippen LogP contribution in [0.4, 0.5) is 17.6 Å². The van der Waals surface area contributed by atoms with Crippen LogP contribution in [0.5, 0.6) is 0 Å². The zero-order valence-electron chi connectivity index (χ0n) is 58.0. The minimum Gasteiger partial charge on any atom is -1.00 e. The van der Waals surface area contributed by atoms with Gasteiger partial charge in [0.25, 0.3) is 0 Å². The van der Waals surface area contributed by atoms with E-state index in [1.165, 1.54) is 60.0 Å². The molecule has 31 heteroatoms. The molecule has 570 valence electrons. The van der Waals surface area contributed by atoms with Gasteiger partial charge in [-0.1, -0.05) is 164 Å². The molecule has 0 aromatic heterocycles. The van der Waals surface area contributed by atoms with E-state index in [1.54, 1.807) is 46.6 Å². The van der Waals surface area contributed by atoms with Gasteiger partial charge in [0.1, 0.15) is 6.29 Å². The zero-order chi connectivity index (χ0) is 72.6. The number of halogens is 6. The van der Waals surface area contributed by atoms with Crippen LogP contribution in [0.15, 0.2) is 115 Å². The van der Waals surface area contributed by atoms with Crippen LogP contribution in [0.25, 0.3) is 0 Å². The molecule has 0 aliphatic rings. The molecule has 1 unspecified atom stereocenters. The number of methoxy groups -OCH3 is 5. The quantitative estimate of drug-likeness (QED) is 0.0147. The van der Waals surface area contributed by atoms with Crippen molar-refractivity contribution in [3.05, 3.63) is 115 Å². The van der Waals surface area contributed by atoms with Gasteiger partial charge in [0.2, 0.25) is 0 Å². The van der Waals surface area contributed by atoms with Crippen LogP contribution in [0.1, 0.15) is 121 Å². The van der Waals surface area contributed by atoms with Crippen molar-refractivity contribution in [2.24, 2.45) is 0 Å². The minimum atomic E-state index is -3.27. The topological polar surface area (TPSA) is 376 Å². The predicted octanol–water partition coefficient (Wildman–Crippen LogP) is 1.59. The van der Waals surface area contributed by atoms with Crippen molar-refractivity contribution in [2.75, 3.05) is 64.0 Å². The van der Waals surface area contributed by atoms with E-state index in [2.05, 4.69) is 53.8 Å². The summed E-state index contributed by atoms with van der Waals surface area (Å²) in [5.41, 5.74) is 0. The van der Waals surface area contributed by atoms with Gasteiger partial charge in [-0.3, -0.25) is 4.79 Å². The number of esters is 3. The van der Waals surface area contributed by atoms with Crippen molar-refractivity contribution in [3.63, 3.8) is 0 Å². The number of carbonyl (C=O) groups is 7. The number of carbonyl (C=O) groups excluding carboxylic acids is 6. The van der Waals surface area contributed by atoms with E-state index in [4.69, 9.17) is 45.0 Å². The van der Waals surface area contributed by atoms with Crippen LogP contribution in [0, 0.1) is 47.9 Å². The molecule has 0 saturated heterocycles. The van der Waals surface area contributed by atoms with Gasteiger partial charge in [-0.25, -0.2) is 24.0 Å². The maximum atomic E-state index is 11.9. The molecule has 0 spiro atoms. The fourth-order valence-electron chi connectivity index (χ4n) is 4.33. The Balaban J connectivity index is -0.0000000322. The first-order valence-corrected chi connectivity index (χ1v) is 26.8. The Labute approximate surface area is 629 Å². The van der Waals surface area contributed by atoms with E-state index >= 15 is 0 Å². The molecule has 0 bridgehead atoms. The van der Waals surface area contributed by atoms with Crippen LogP contribution < -0.4 is 82.9 Å². The van der Waals surface area contributed by atoms with Gasteiger partial charge in [0.05, 0.1) is 21.3 Å². The number of aliphatic hydroxyl groups is 4. The number of alkyl halides is 4. The number of carboxylic acid groups (broad SMARTS) is 3. The summed E-state index contributed by atoms with van der Waals surface area (Å²) < 4.78 is 67.7.